The predicted octanol–water partition coefficient (Wildman–Crippen LogP) is 13.6. The minimum absolute atomic E-state index is 0.598. The van der Waals surface area contributed by atoms with E-state index in [0.29, 0.717) is 11.5 Å². The topological polar surface area (TPSA) is 48.8 Å². The van der Waals surface area contributed by atoms with E-state index in [9.17, 15) is 0 Å². The SMILES string of the molecule is c1ccc(-c2cccc(-c3nc(-n4c5ccccc5c5c6c7c(cc54)c4ccccc4n7-c4ccccc4-c4ccccc4-6)nc4c3oc3ccccc34)c2)cc1. The van der Waals surface area contributed by atoms with E-state index in [-0.39, 0.29) is 0 Å². The Morgan fingerprint density at radius 2 is 1.07 bits per heavy atom. The Kier molecular flexibility index (Phi) is 6.10. The Morgan fingerprint density at radius 3 is 1.93 bits per heavy atom. The Balaban J connectivity index is 1.20. The summed E-state index contributed by atoms with van der Waals surface area (Å²) in [5.74, 6) is 0.598. The summed E-state index contributed by atoms with van der Waals surface area (Å²) in [5.41, 5.74) is 16.8. The van der Waals surface area contributed by atoms with Gasteiger partial charge in [-0.05, 0) is 64.7 Å². The van der Waals surface area contributed by atoms with Crippen molar-refractivity contribution in [2.75, 3.05) is 0 Å². The third kappa shape index (κ3) is 4.17. The lowest BCUT2D eigenvalue weighted by molar-refractivity contribution is 0.666. The normalized spacial score (nSPS) is 12.2. The molecule has 0 bridgehead atoms. The van der Waals surface area contributed by atoms with E-state index in [2.05, 4.69) is 167 Å². The summed E-state index contributed by atoms with van der Waals surface area (Å²) in [4.78, 5) is 10.9. The van der Waals surface area contributed by atoms with Crippen LogP contribution in [0.25, 0.3) is 122 Å². The first-order chi connectivity index (χ1) is 28.3. The first-order valence-electron chi connectivity index (χ1n) is 19.3. The summed E-state index contributed by atoms with van der Waals surface area (Å²) in [6, 6.07) is 64.8. The molecule has 13 rings (SSSR count). The molecule has 1 aliphatic heterocycles. The van der Waals surface area contributed by atoms with Gasteiger partial charge >= 0.3 is 0 Å². The van der Waals surface area contributed by atoms with Gasteiger partial charge in [-0.3, -0.25) is 4.57 Å². The molecule has 8 aromatic carbocycles. The molecule has 57 heavy (non-hydrogen) atoms. The van der Waals surface area contributed by atoms with Crippen molar-refractivity contribution < 1.29 is 4.42 Å². The molecule has 5 heteroatoms. The number of fused-ring (bicyclic) bond motifs is 15. The molecule has 5 nitrogen and oxygen atoms in total. The maximum absolute atomic E-state index is 6.63. The summed E-state index contributed by atoms with van der Waals surface area (Å²) in [6.07, 6.45) is 0. The van der Waals surface area contributed by atoms with Crippen molar-refractivity contribution in [3.63, 3.8) is 0 Å². The Labute approximate surface area is 326 Å². The standard InChI is InChI=1S/C52H30N4O/c1-2-15-31(16-3-1)32-17-14-18-33(29-32)48-51-49(39-24-9-13-28-45(39)57-51)54-52(53-48)56-43-27-12-8-23-38(43)46-44(56)30-40-36-21-7-11-26-42(36)55-41-25-10-6-20-35(41)34-19-4-5-22-37(34)47(46)50(40)55/h1-30H. The average Bonchev–Trinajstić information content (AvgIpc) is 3.90. The number of hydrogen-bond acceptors (Lipinski definition) is 3. The average molecular weight is 727 g/mol. The number of furan rings is 1. The second kappa shape index (κ2) is 11.4. The third-order valence-electron chi connectivity index (χ3n) is 11.9. The van der Waals surface area contributed by atoms with E-state index >= 15 is 0 Å². The van der Waals surface area contributed by atoms with Crippen molar-refractivity contribution in [2.24, 2.45) is 0 Å². The van der Waals surface area contributed by atoms with Gasteiger partial charge in [0.15, 0.2) is 5.58 Å². The van der Waals surface area contributed by atoms with Gasteiger partial charge in [0.1, 0.15) is 16.8 Å². The molecule has 5 heterocycles. The van der Waals surface area contributed by atoms with Crippen LogP contribution in [0.2, 0.25) is 0 Å². The van der Waals surface area contributed by atoms with Crippen molar-refractivity contribution in [3.05, 3.63) is 182 Å². The van der Waals surface area contributed by atoms with Crippen LogP contribution < -0.4 is 0 Å². The largest absolute Gasteiger partial charge is 0.452 e. The highest BCUT2D eigenvalue weighted by Crippen LogP contribution is 2.51. The highest BCUT2D eigenvalue weighted by atomic mass is 16.3. The quantitative estimate of drug-likeness (QED) is 0.182. The Morgan fingerprint density at radius 1 is 0.421 bits per heavy atom. The van der Waals surface area contributed by atoms with Crippen molar-refractivity contribution >= 4 is 65.7 Å². The van der Waals surface area contributed by atoms with E-state index < -0.39 is 0 Å². The second-order valence-corrected chi connectivity index (χ2v) is 14.9. The first kappa shape index (κ1) is 30.6. The number of rotatable bonds is 3. The number of benzene rings is 8. The lowest BCUT2D eigenvalue weighted by atomic mass is 9.91. The van der Waals surface area contributed by atoms with E-state index in [0.717, 1.165) is 55.3 Å². The molecule has 0 N–H and O–H groups in total. The molecule has 4 aromatic heterocycles. The number of para-hydroxylation sites is 4. The minimum Gasteiger partial charge on any atom is -0.452 e. The van der Waals surface area contributed by atoms with Crippen LogP contribution in [0.5, 0.6) is 0 Å². The zero-order valence-corrected chi connectivity index (χ0v) is 30.5. The van der Waals surface area contributed by atoms with Gasteiger partial charge in [0.05, 0.1) is 27.8 Å². The molecule has 0 radical (unpaired) electrons. The molecule has 0 unspecified atom stereocenters. The maximum Gasteiger partial charge on any atom is 0.236 e. The lowest BCUT2D eigenvalue weighted by Gasteiger charge is -2.13. The molecule has 0 atom stereocenters. The molecule has 264 valence electrons. The number of nitrogens with zero attached hydrogens (tertiary/aromatic N) is 4. The number of hydrogen-bond donors (Lipinski definition) is 0. The molecule has 0 fully saturated rings. The van der Waals surface area contributed by atoms with Crippen LogP contribution >= 0.6 is 0 Å². The minimum atomic E-state index is 0.598. The van der Waals surface area contributed by atoms with Crippen molar-refractivity contribution in [2.45, 2.75) is 0 Å². The van der Waals surface area contributed by atoms with Gasteiger partial charge in [-0.15, -0.1) is 0 Å². The zero-order valence-electron chi connectivity index (χ0n) is 30.5. The monoisotopic (exact) mass is 726 g/mol. The van der Waals surface area contributed by atoms with Gasteiger partial charge in [-0.25, -0.2) is 9.97 Å². The molecular formula is C52H30N4O. The van der Waals surface area contributed by atoms with Crippen molar-refractivity contribution in [1.82, 2.24) is 19.1 Å². The fourth-order valence-electron chi connectivity index (χ4n) is 9.48. The van der Waals surface area contributed by atoms with Crippen LogP contribution in [0.4, 0.5) is 0 Å². The summed E-state index contributed by atoms with van der Waals surface area (Å²) in [5, 5.41) is 5.68. The molecule has 0 amide bonds. The van der Waals surface area contributed by atoms with E-state index in [4.69, 9.17) is 14.4 Å². The van der Waals surface area contributed by atoms with Crippen LogP contribution in [-0.4, -0.2) is 19.1 Å². The third-order valence-corrected chi connectivity index (χ3v) is 11.9. The zero-order chi connectivity index (χ0) is 37.2. The van der Waals surface area contributed by atoms with Crippen molar-refractivity contribution in [1.29, 1.82) is 0 Å². The fraction of sp³-hybridized carbons (Fsp3) is 0. The van der Waals surface area contributed by atoms with Crippen molar-refractivity contribution in [3.8, 4) is 56.3 Å². The van der Waals surface area contributed by atoms with Gasteiger partial charge in [-0.1, -0.05) is 140 Å². The van der Waals surface area contributed by atoms with E-state index in [1.807, 2.05) is 24.3 Å². The molecule has 0 saturated carbocycles. The van der Waals surface area contributed by atoms with E-state index in [1.54, 1.807) is 0 Å². The first-order valence-corrected chi connectivity index (χ1v) is 19.3. The second-order valence-electron chi connectivity index (χ2n) is 14.9. The van der Waals surface area contributed by atoms with Crippen LogP contribution in [-0.2, 0) is 0 Å². The molecule has 0 aliphatic carbocycles. The van der Waals surface area contributed by atoms with Crippen LogP contribution in [0.1, 0.15) is 0 Å². The van der Waals surface area contributed by atoms with Gasteiger partial charge in [0, 0.05) is 43.6 Å². The molecule has 1 aliphatic rings. The Bertz CT molecular complexity index is 3640. The predicted molar refractivity (Wildman–Crippen MR) is 233 cm³/mol. The van der Waals surface area contributed by atoms with Gasteiger partial charge in [0.2, 0.25) is 5.95 Å². The number of aromatic nitrogens is 4. The lowest BCUT2D eigenvalue weighted by Crippen LogP contribution is -2.03. The van der Waals surface area contributed by atoms with Gasteiger partial charge in [0.25, 0.3) is 0 Å². The van der Waals surface area contributed by atoms with Gasteiger partial charge < -0.3 is 8.98 Å². The highest BCUT2D eigenvalue weighted by Gasteiger charge is 2.29. The van der Waals surface area contributed by atoms with Crippen LogP contribution in [0, 0.1) is 0 Å². The summed E-state index contributed by atoms with van der Waals surface area (Å²) < 4.78 is 11.4. The molecule has 0 saturated heterocycles. The molecule has 0 spiro atoms. The summed E-state index contributed by atoms with van der Waals surface area (Å²) in [6.45, 7) is 0. The highest BCUT2D eigenvalue weighted by molar-refractivity contribution is 6.28. The summed E-state index contributed by atoms with van der Waals surface area (Å²) >= 11 is 0. The molecule has 12 aromatic rings. The maximum atomic E-state index is 6.63. The van der Waals surface area contributed by atoms with E-state index in [1.165, 1.54) is 55.1 Å². The van der Waals surface area contributed by atoms with Gasteiger partial charge in [-0.2, -0.15) is 0 Å². The fourth-order valence-corrected chi connectivity index (χ4v) is 9.48. The van der Waals surface area contributed by atoms with Crippen LogP contribution in [0.3, 0.4) is 0 Å². The smallest absolute Gasteiger partial charge is 0.236 e. The Hall–Kier alpha value is -7.76. The molecular weight excluding hydrogens is 697 g/mol. The van der Waals surface area contributed by atoms with Crippen LogP contribution in [0.15, 0.2) is 186 Å². The summed E-state index contributed by atoms with van der Waals surface area (Å²) in [7, 11) is 0.